The topological polar surface area (TPSA) is 75.0 Å². The van der Waals surface area contributed by atoms with Crippen molar-refractivity contribution in [3.8, 4) is 0 Å². The molecule has 6 nitrogen and oxygen atoms in total. The van der Waals surface area contributed by atoms with Crippen LogP contribution >= 0.6 is 0 Å². The van der Waals surface area contributed by atoms with Crippen LogP contribution in [0.4, 0.5) is 0 Å². The summed E-state index contributed by atoms with van der Waals surface area (Å²) < 4.78 is 23.1. The predicted molar refractivity (Wildman–Crippen MR) is 104 cm³/mol. The van der Waals surface area contributed by atoms with E-state index in [9.17, 15) is 9.59 Å². The Morgan fingerprint density at radius 1 is 1.21 bits per heavy atom. The van der Waals surface area contributed by atoms with Crippen LogP contribution < -0.4 is 0 Å². The number of rotatable bonds is 3. The molecule has 4 rings (SSSR count). The van der Waals surface area contributed by atoms with Gasteiger partial charge in [0.05, 0.1) is 31.2 Å². The van der Waals surface area contributed by atoms with Gasteiger partial charge < -0.3 is 18.6 Å². The zero-order valence-electron chi connectivity index (χ0n) is 18.0. The van der Waals surface area contributed by atoms with Crippen LogP contribution in [-0.2, 0) is 23.8 Å². The van der Waals surface area contributed by atoms with Gasteiger partial charge in [0, 0.05) is 24.8 Å². The van der Waals surface area contributed by atoms with Gasteiger partial charge in [0.2, 0.25) is 5.79 Å². The lowest BCUT2D eigenvalue weighted by Crippen LogP contribution is -2.61. The number of hydrogen-bond acceptors (Lipinski definition) is 6. The van der Waals surface area contributed by atoms with Gasteiger partial charge in [-0.05, 0) is 49.5 Å². The number of furan rings is 1. The second-order valence-corrected chi connectivity index (χ2v) is 9.70. The van der Waals surface area contributed by atoms with Gasteiger partial charge in [-0.15, -0.1) is 0 Å². The highest BCUT2D eigenvalue weighted by atomic mass is 16.7. The Labute approximate surface area is 172 Å². The summed E-state index contributed by atoms with van der Waals surface area (Å²) in [5, 5.41) is 0. The number of ether oxygens (including phenoxy) is 3. The second-order valence-electron chi connectivity index (χ2n) is 9.70. The van der Waals surface area contributed by atoms with Crippen molar-refractivity contribution < 1.29 is 28.2 Å². The first kappa shape index (κ1) is 20.5. The molecule has 3 fully saturated rings. The molecule has 1 aliphatic heterocycles. The van der Waals surface area contributed by atoms with Gasteiger partial charge in [0.1, 0.15) is 0 Å². The molecule has 1 unspecified atom stereocenters. The third kappa shape index (κ3) is 2.86. The molecular weight excluding hydrogens is 372 g/mol. The minimum atomic E-state index is -0.965. The van der Waals surface area contributed by atoms with Crippen LogP contribution in [-0.4, -0.2) is 24.8 Å². The van der Waals surface area contributed by atoms with Gasteiger partial charge in [-0.3, -0.25) is 9.59 Å². The molecule has 0 amide bonds. The standard InChI is InChI=1S/C23H32O6/c1-14-18(16-8-12-27-13-16)29-23(28-15(2)24)11-7-17-21(3,19(14)23)9-6-10-22(17,4)20(25)26-5/h8,12-14,17-19H,6-7,9-11H2,1-5H3/t14?,17-,18+,19-,21-,22-,23-/m0/s1. The van der Waals surface area contributed by atoms with Gasteiger partial charge in [0.25, 0.3) is 0 Å². The zero-order valence-corrected chi connectivity index (χ0v) is 18.0. The van der Waals surface area contributed by atoms with Crippen LogP contribution in [0.15, 0.2) is 23.0 Å². The number of fused-ring (bicyclic) bond motifs is 3. The summed E-state index contributed by atoms with van der Waals surface area (Å²) >= 11 is 0. The van der Waals surface area contributed by atoms with E-state index in [1.165, 1.54) is 14.0 Å². The number of esters is 2. The molecule has 0 bridgehead atoms. The lowest BCUT2D eigenvalue weighted by Gasteiger charge is -2.60. The number of carbonyl (C=O) groups excluding carboxylic acids is 2. The zero-order chi connectivity index (χ0) is 21.0. The normalized spacial score (nSPS) is 43.9. The Kier molecular flexibility index (Phi) is 4.84. The molecule has 0 N–H and O–H groups in total. The molecule has 7 atom stereocenters. The smallest absolute Gasteiger partial charge is 0.311 e. The lowest BCUT2D eigenvalue weighted by molar-refractivity contribution is -0.282. The minimum Gasteiger partial charge on any atom is -0.472 e. The molecule has 2 heterocycles. The van der Waals surface area contributed by atoms with Crippen molar-refractivity contribution in [1.29, 1.82) is 0 Å². The Balaban J connectivity index is 1.79. The molecular formula is C23H32O6. The summed E-state index contributed by atoms with van der Waals surface area (Å²) in [7, 11) is 1.47. The Morgan fingerprint density at radius 2 is 1.97 bits per heavy atom. The third-order valence-electron chi connectivity index (χ3n) is 8.11. The summed E-state index contributed by atoms with van der Waals surface area (Å²) in [6, 6.07) is 1.92. The van der Waals surface area contributed by atoms with Crippen molar-refractivity contribution in [2.75, 3.05) is 7.11 Å². The minimum absolute atomic E-state index is 0.0122. The summed E-state index contributed by atoms with van der Waals surface area (Å²) in [5.74, 6) is -1.18. The largest absolute Gasteiger partial charge is 0.472 e. The van der Waals surface area contributed by atoms with E-state index < -0.39 is 11.2 Å². The maximum Gasteiger partial charge on any atom is 0.311 e. The lowest BCUT2D eigenvalue weighted by atomic mass is 9.45. The molecule has 1 aromatic rings. The highest BCUT2D eigenvalue weighted by Gasteiger charge is 2.70. The molecule has 160 valence electrons. The fourth-order valence-electron chi connectivity index (χ4n) is 7.23. The average Bonchev–Trinajstić information content (AvgIpc) is 3.27. The van der Waals surface area contributed by atoms with Crippen LogP contribution in [0.1, 0.15) is 71.5 Å². The maximum absolute atomic E-state index is 12.8. The molecule has 0 aromatic carbocycles. The van der Waals surface area contributed by atoms with Gasteiger partial charge in [-0.1, -0.05) is 20.3 Å². The molecule has 2 saturated carbocycles. The monoisotopic (exact) mass is 404 g/mol. The SMILES string of the molecule is COC(=O)[C@@]1(C)CCC[C@]2(C)[C@@H]3C(C)[C@H](c4ccoc4)O[C@@]3(OC(C)=O)CC[C@@H]21. The van der Waals surface area contributed by atoms with Crippen LogP contribution in [0, 0.1) is 28.6 Å². The van der Waals surface area contributed by atoms with E-state index in [-0.39, 0.29) is 41.2 Å². The summed E-state index contributed by atoms with van der Waals surface area (Å²) in [5.41, 5.74) is 0.231. The molecule has 29 heavy (non-hydrogen) atoms. The average molecular weight is 405 g/mol. The van der Waals surface area contributed by atoms with Crippen molar-refractivity contribution >= 4 is 11.9 Å². The van der Waals surface area contributed by atoms with E-state index in [1.54, 1.807) is 12.5 Å². The van der Waals surface area contributed by atoms with Crippen molar-refractivity contribution in [2.24, 2.45) is 28.6 Å². The van der Waals surface area contributed by atoms with Crippen molar-refractivity contribution in [2.45, 2.75) is 71.7 Å². The molecule has 1 saturated heterocycles. The molecule has 0 spiro atoms. The highest BCUT2D eigenvalue weighted by molar-refractivity contribution is 5.77. The van der Waals surface area contributed by atoms with Crippen LogP contribution in [0.5, 0.6) is 0 Å². The van der Waals surface area contributed by atoms with Crippen LogP contribution in [0.2, 0.25) is 0 Å². The van der Waals surface area contributed by atoms with E-state index >= 15 is 0 Å². The van der Waals surface area contributed by atoms with Crippen LogP contribution in [0.3, 0.4) is 0 Å². The molecule has 3 aliphatic rings. The number of hydrogen-bond donors (Lipinski definition) is 0. The van der Waals surface area contributed by atoms with Gasteiger partial charge in [0.15, 0.2) is 0 Å². The van der Waals surface area contributed by atoms with Gasteiger partial charge in [-0.2, -0.15) is 0 Å². The Bertz CT molecular complexity index is 787. The fourth-order valence-corrected chi connectivity index (χ4v) is 7.23. The van der Waals surface area contributed by atoms with E-state index in [1.807, 2.05) is 13.0 Å². The van der Waals surface area contributed by atoms with Crippen molar-refractivity contribution in [1.82, 2.24) is 0 Å². The first-order chi connectivity index (χ1) is 13.7. The highest BCUT2D eigenvalue weighted by Crippen LogP contribution is 2.69. The number of methoxy groups -OCH3 is 1. The van der Waals surface area contributed by atoms with Gasteiger partial charge in [-0.25, -0.2) is 0 Å². The summed E-state index contributed by atoms with van der Waals surface area (Å²) in [4.78, 5) is 24.9. The second kappa shape index (κ2) is 6.86. The molecule has 1 aromatic heterocycles. The van der Waals surface area contributed by atoms with Crippen molar-refractivity contribution in [3.05, 3.63) is 24.2 Å². The van der Waals surface area contributed by atoms with Crippen molar-refractivity contribution in [3.63, 3.8) is 0 Å². The molecule has 2 aliphatic carbocycles. The van der Waals surface area contributed by atoms with E-state index in [4.69, 9.17) is 18.6 Å². The van der Waals surface area contributed by atoms with E-state index in [2.05, 4.69) is 13.8 Å². The first-order valence-corrected chi connectivity index (χ1v) is 10.7. The maximum atomic E-state index is 12.8. The fraction of sp³-hybridized carbons (Fsp3) is 0.739. The predicted octanol–water partition coefficient (Wildman–Crippen LogP) is 4.64. The Morgan fingerprint density at radius 3 is 2.59 bits per heavy atom. The number of carbonyl (C=O) groups is 2. The van der Waals surface area contributed by atoms with Gasteiger partial charge >= 0.3 is 11.9 Å². The summed E-state index contributed by atoms with van der Waals surface area (Å²) in [6.07, 6.45) is 7.23. The summed E-state index contributed by atoms with van der Waals surface area (Å²) in [6.45, 7) is 7.93. The molecule has 0 radical (unpaired) electrons. The van der Waals surface area contributed by atoms with E-state index in [0.29, 0.717) is 6.42 Å². The first-order valence-electron chi connectivity index (χ1n) is 10.7. The van der Waals surface area contributed by atoms with Crippen LogP contribution in [0.25, 0.3) is 0 Å². The Hall–Kier alpha value is -1.82. The molecule has 6 heteroatoms. The van der Waals surface area contributed by atoms with E-state index in [0.717, 1.165) is 31.2 Å². The quantitative estimate of drug-likeness (QED) is 0.683. The third-order valence-corrected chi connectivity index (χ3v) is 8.11.